The van der Waals surface area contributed by atoms with E-state index >= 15 is 0 Å². The molecule has 0 radical (unpaired) electrons. The molecule has 5 heteroatoms. The Hall–Kier alpha value is -1.26. The zero-order valence-electron chi connectivity index (χ0n) is 11.6. The first-order valence-corrected chi connectivity index (χ1v) is 6.77. The van der Waals surface area contributed by atoms with E-state index in [4.69, 9.17) is 4.74 Å². The summed E-state index contributed by atoms with van der Waals surface area (Å²) < 4.78 is 4.88. The number of ether oxygens (including phenoxy) is 1. The molecule has 0 aliphatic heterocycles. The third kappa shape index (κ3) is 4.55. The van der Waals surface area contributed by atoms with Gasteiger partial charge in [0.05, 0.1) is 6.61 Å². The van der Waals surface area contributed by atoms with E-state index in [2.05, 4.69) is 5.32 Å². The van der Waals surface area contributed by atoms with Crippen molar-refractivity contribution < 1.29 is 14.3 Å². The third-order valence-electron chi connectivity index (χ3n) is 3.17. The maximum absolute atomic E-state index is 12.1. The van der Waals surface area contributed by atoms with Crippen molar-refractivity contribution >= 4 is 12.0 Å². The van der Waals surface area contributed by atoms with Crippen molar-refractivity contribution in [2.75, 3.05) is 13.2 Å². The first-order valence-electron chi connectivity index (χ1n) is 6.77. The van der Waals surface area contributed by atoms with Crippen LogP contribution in [0.5, 0.6) is 0 Å². The molecule has 2 amide bonds. The molecule has 1 aliphatic carbocycles. The molecule has 1 N–H and O–H groups in total. The topological polar surface area (TPSA) is 58.6 Å². The normalized spacial score (nSPS) is 15.8. The molecule has 104 valence electrons. The fourth-order valence-electron chi connectivity index (χ4n) is 2.16. The minimum absolute atomic E-state index is 0.0178. The lowest BCUT2D eigenvalue weighted by atomic mass is 10.2. The zero-order chi connectivity index (χ0) is 13.5. The predicted molar refractivity (Wildman–Crippen MR) is 69.3 cm³/mol. The minimum atomic E-state index is -0.354. The van der Waals surface area contributed by atoms with Crippen molar-refractivity contribution in [3.8, 4) is 0 Å². The van der Waals surface area contributed by atoms with Crippen LogP contribution >= 0.6 is 0 Å². The summed E-state index contributed by atoms with van der Waals surface area (Å²) in [5.41, 5.74) is 0. The van der Waals surface area contributed by atoms with E-state index in [1.165, 1.54) is 17.7 Å². The lowest BCUT2D eigenvalue weighted by Crippen LogP contribution is -2.49. The van der Waals surface area contributed by atoms with Crippen molar-refractivity contribution in [1.29, 1.82) is 0 Å². The van der Waals surface area contributed by atoms with Gasteiger partial charge in [-0.2, -0.15) is 0 Å². The average molecular weight is 256 g/mol. The van der Waals surface area contributed by atoms with Gasteiger partial charge < -0.3 is 15.0 Å². The molecule has 18 heavy (non-hydrogen) atoms. The molecule has 0 atom stereocenters. The largest absolute Gasteiger partial charge is 0.465 e. The van der Waals surface area contributed by atoms with Crippen molar-refractivity contribution in [3.05, 3.63) is 0 Å². The molecule has 0 aromatic rings. The number of carbonyl (C=O) groups excluding carboxylic acids is 2. The molecular formula is C13H24N2O3. The number of urea groups is 1. The summed E-state index contributed by atoms with van der Waals surface area (Å²) >= 11 is 0. The van der Waals surface area contributed by atoms with Gasteiger partial charge in [-0.1, -0.05) is 12.8 Å². The molecule has 0 spiro atoms. The second-order valence-corrected chi connectivity index (χ2v) is 4.96. The van der Waals surface area contributed by atoms with Gasteiger partial charge in [-0.05, 0) is 33.6 Å². The van der Waals surface area contributed by atoms with Gasteiger partial charge in [-0.25, -0.2) is 4.79 Å². The van der Waals surface area contributed by atoms with Crippen molar-refractivity contribution in [3.63, 3.8) is 0 Å². The van der Waals surface area contributed by atoms with Gasteiger partial charge in [0.1, 0.15) is 6.54 Å². The average Bonchev–Trinajstić information content (AvgIpc) is 2.78. The molecule has 1 rings (SSSR count). The molecular weight excluding hydrogens is 232 g/mol. The van der Waals surface area contributed by atoms with E-state index in [9.17, 15) is 9.59 Å². The number of hydrogen-bond acceptors (Lipinski definition) is 3. The molecule has 0 unspecified atom stereocenters. The van der Waals surface area contributed by atoms with Crippen LogP contribution in [0.25, 0.3) is 0 Å². The molecule has 1 fully saturated rings. The Morgan fingerprint density at radius 3 is 2.44 bits per heavy atom. The Morgan fingerprint density at radius 2 is 1.94 bits per heavy atom. The Balaban J connectivity index is 2.49. The van der Waals surface area contributed by atoms with Crippen LogP contribution in [0.2, 0.25) is 0 Å². The highest BCUT2D eigenvalue weighted by atomic mass is 16.5. The quantitative estimate of drug-likeness (QED) is 0.764. The highest BCUT2D eigenvalue weighted by Gasteiger charge is 2.24. The molecule has 5 nitrogen and oxygen atoms in total. The Bertz CT molecular complexity index is 286. The van der Waals surface area contributed by atoms with Gasteiger partial charge in [0, 0.05) is 12.1 Å². The Morgan fingerprint density at radius 1 is 1.33 bits per heavy atom. The summed E-state index contributed by atoms with van der Waals surface area (Å²) in [6.45, 7) is 5.91. The molecule has 0 heterocycles. The summed E-state index contributed by atoms with van der Waals surface area (Å²) in [4.78, 5) is 25.1. The van der Waals surface area contributed by atoms with Gasteiger partial charge in [0.2, 0.25) is 0 Å². The molecule has 0 bridgehead atoms. The predicted octanol–water partition coefficient (Wildman–Crippen LogP) is 1.91. The smallest absolute Gasteiger partial charge is 0.325 e. The number of amides is 2. The maximum Gasteiger partial charge on any atom is 0.325 e. The summed E-state index contributed by atoms with van der Waals surface area (Å²) in [7, 11) is 0. The van der Waals surface area contributed by atoms with E-state index in [0.29, 0.717) is 6.61 Å². The van der Waals surface area contributed by atoms with Crippen molar-refractivity contribution in [2.24, 2.45) is 0 Å². The Labute approximate surface area is 109 Å². The number of hydrogen-bond donors (Lipinski definition) is 1. The molecule has 0 saturated heterocycles. The number of nitrogens with zero attached hydrogens (tertiary/aromatic N) is 1. The molecule has 0 aromatic carbocycles. The second kappa shape index (κ2) is 7.24. The molecule has 1 saturated carbocycles. The SMILES string of the molecule is CCOC(=O)CN(C(=O)NC1CCCC1)C(C)C. The van der Waals surface area contributed by atoms with Gasteiger partial charge in [0.25, 0.3) is 0 Å². The second-order valence-electron chi connectivity index (χ2n) is 4.96. The molecule has 0 aromatic heterocycles. The van der Waals surface area contributed by atoms with Crippen molar-refractivity contribution in [2.45, 2.75) is 58.5 Å². The highest BCUT2D eigenvalue weighted by Crippen LogP contribution is 2.18. The summed E-state index contributed by atoms with van der Waals surface area (Å²) in [6, 6.07) is 0.0849. The van der Waals surface area contributed by atoms with Crippen LogP contribution < -0.4 is 5.32 Å². The highest BCUT2D eigenvalue weighted by molar-refractivity contribution is 5.81. The fourth-order valence-corrected chi connectivity index (χ4v) is 2.16. The van der Waals surface area contributed by atoms with Crippen LogP contribution in [0, 0.1) is 0 Å². The fraction of sp³-hybridized carbons (Fsp3) is 0.846. The van der Waals surface area contributed by atoms with Crippen LogP contribution in [-0.2, 0) is 9.53 Å². The van der Waals surface area contributed by atoms with E-state index in [1.54, 1.807) is 6.92 Å². The van der Waals surface area contributed by atoms with Gasteiger partial charge >= 0.3 is 12.0 Å². The number of esters is 1. The summed E-state index contributed by atoms with van der Waals surface area (Å²) in [6.07, 6.45) is 4.42. The minimum Gasteiger partial charge on any atom is -0.465 e. The number of rotatable bonds is 5. The molecule has 1 aliphatic rings. The van der Waals surface area contributed by atoms with Gasteiger partial charge in [-0.3, -0.25) is 4.79 Å². The van der Waals surface area contributed by atoms with E-state index in [1.807, 2.05) is 13.8 Å². The van der Waals surface area contributed by atoms with Crippen LogP contribution in [0.1, 0.15) is 46.5 Å². The van der Waals surface area contributed by atoms with Crippen molar-refractivity contribution in [1.82, 2.24) is 10.2 Å². The third-order valence-corrected chi connectivity index (χ3v) is 3.17. The standard InChI is InChI=1S/C13H24N2O3/c1-4-18-12(16)9-15(10(2)3)13(17)14-11-7-5-6-8-11/h10-11H,4-9H2,1-3H3,(H,14,17). The van der Waals surface area contributed by atoms with E-state index in [-0.39, 0.29) is 30.6 Å². The summed E-state index contributed by atoms with van der Waals surface area (Å²) in [5.74, 6) is -0.354. The number of nitrogens with one attached hydrogen (secondary N) is 1. The first kappa shape index (κ1) is 14.8. The van der Waals surface area contributed by atoms with E-state index in [0.717, 1.165) is 12.8 Å². The van der Waals surface area contributed by atoms with Crippen LogP contribution in [0.3, 0.4) is 0 Å². The first-order chi connectivity index (χ1) is 8.54. The lowest BCUT2D eigenvalue weighted by molar-refractivity contribution is -0.144. The van der Waals surface area contributed by atoms with Crippen LogP contribution in [-0.4, -0.2) is 42.1 Å². The van der Waals surface area contributed by atoms with Crippen LogP contribution in [0.15, 0.2) is 0 Å². The van der Waals surface area contributed by atoms with Gasteiger partial charge in [0.15, 0.2) is 0 Å². The monoisotopic (exact) mass is 256 g/mol. The zero-order valence-corrected chi connectivity index (χ0v) is 11.6. The van der Waals surface area contributed by atoms with Crippen LogP contribution in [0.4, 0.5) is 4.79 Å². The maximum atomic E-state index is 12.1. The Kier molecular flexibility index (Phi) is 5.95. The summed E-state index contributed by atoms with van der Waals surface area (Å²) in [5, 5.41) is 2.99. The lowest BCUT2D eigenvalue weighted by Gasteiger charge is -2.27. The van der Waals surface area contributed by atoms with E-state index < -0.39 is 0 Å². The number of carbonyl (C=O) groups is 2. The van der Waals surface area contributed by atoms with Gasteiger partial charge in [-0.15, -0.1) is 0 Å².